The molecule has 46 heavy (non-hydrogen) atoms. The maximum Gasteiger partial charge on any atom is 0.335 e. The number of likely N-dealkylation sites (N-methyl/N-ethyl adjacent to an activating group) is 1. The second-order valence-corrected chi connectivity index (χ2v) is 17.8. The molecule has 1 aromatic rings. The van der Waals surface area contributed by atoms with Crippen LogP contribution in [0.15, 0.2) is 42.0 Å². The lowest BCUT2D eigenvalue weighted by Gasteiger charge is -2.71. The van der Waals surface area contributed by atoms with Crippen LogP contribution in [0.1, 0.15) is 116 Å². The zero-order valence-electron chi connectivity index (χ0n) is 30.1. The van der Waals surface area contributed by atoms with Crippen LogP contribution in [0, 0.1) is 56.7 Å². The number of amides is 1. The summed E-state index contributed by atoms with van der Waals surface area (Å²) in [5.74, 6) is 2.02. The van der Waals surface area contributed by atoms with Gasteiger partial charge in [0.1, 0.15) is 0 Å². The van der Waals surface area contributed by atoms with Crippen LogP contribution >= 0.6 is 0 Å². The van der Waals surface area contributed by atoms with Crippen LogP contribution in [0.25, 0.3) is 5.57 Å². The number of nitrogens with zero attached hydrogens (tertiary/aromatic N) is 1. The van der Waals surface area contributed by atoms with Gasteiger partial charge in [-0.1, -0.05) is 78.3 Å². The minimum absolute atomic E-state index is 0.0103. The summed E-state index contributed by atoms with van der Waals surface area (Å²) in [6, 6.07) is 7.54. The first kappa shape index (κ1) is 33.5. The number of allylic oxidation sites excluding steroid dienone is 4. The quantitative estimate of drug-likeness (QED) is 0.309. The van der Waals surface area contributed by atoms with Gasteiger partial charge in [0.15, 0.2) is 0 Å². The van der Waals surface area contributed by atoms with E-state index in [0.717, 1.165) is 57.2 Å². The van der Waals surface area contributed by atoms with E-state index in [1.807, 2.05) is 12.1 Å². The van der Waals surface area contributed by atoms with Gasteiger partial charge >= 0.3 is 5.97 Å². The van der Waals surface area contributed by atoms with Crippen molar-refractivity contribution in [2.75, 3.05) is 27.2 Å². The highest BCUT2D eigenvalue weighted by atomic mass is 16.4. The Morgan fingerprint density at radius 2 is 1.61 bits per heavy atom. The highest BCUT2D eigenvalue weighted by Gasteiger charge is 2.69. The van der Waals surface area contributed by atoms with E-state index < -0.39 is 5.97 Å². The fourth-order valence-electron chi connectivity index (χ4n) is 12.3. The summed E-state index contributed by atoms with van der Waals surface area (Å²) >= 11 is 0. The molecule has 1 amide bonds. The second-order valence-electron chi connectivity index (χ2n) is 17.8. The predicted octanol–water partition coefficient (Wildman–Crippen LogP) is 8.71. The van der Waals surface area contributed by atoms with Gasteiger partial charge in [-0.15, -0.1) is 0 Å². The third-order valence-electron chi connectivity index (χ3n) is 15.3. The van der Waals surface area contributed by atoms with Gasteiger partial charge in [0.05, 0.1) is 11.0 Å². The van der Waals surface area contributed by atoms with Gasteiger partial charge in [-0.05, 0) is 140 Å². The molecule has 252 valence electrons. The lowest BCUT2D eigenvalue weighted by Crippen LogP contribution is -2.65. The average Bonchev–Trinajstić information content (AvgIpc) is 2.99. The number of carbonyl (C=O) groups is 2. The maximum atomic E-state index is 14.2. The fraction of sp³-hybridized carbons (Fsp3) is 0.707. The van der Waals surface area contributed by atoms with E-state index in [9.17, 15) is 14.7 Å². The van der Waals surface area contributed by atoms with Crippen LogP contribution in [0.5, 0.6) is 0 Å². The molecule has 3 saturated carbocycles. The van der Waals surface area contributed by atoms with Crippen LogP contribution < -0.4 is 5.32 Å². The molecule has 0 saturated heterocycles. The lowest BCUT2D eigenvalue weighted by molar-refractivity contribution is -0.169. The molecule has 5 heteroatoms. The van der Waals surface area contributed by atoms with Crippen molar-refractivity contribution in [1.82, 2.24) is 10.2 Å². The van der Waals surface area contributed by atoms with Crippen molar-refractivity contribution in [3.05, 3.63) is 53.1 Å². The van der Waals surface area contributed by atoms with Crippen molar-refractivity contribution in [3.63, 3.8) is 0 Å². The molecule has 6 rings (SSSR count). The molecule has 1 aromatic carbocycles. The molecule has 2 N–H and O–H groups in total. The number of rotatable bonds is 6. The largest absolute Gasteiger partial charge is 0.478 e. The van der Waals surface area contributed by atoms with Gasteiger partial charge in [-0.25, -0.2) is 4.79 Å². The molecule has 0 bridgehead atoms. The zero-order chi connectivity index (χ0) is 33.4. The summed E-state index contributed by atoms with van der Waals surface area (Å²) in [5, 5.41) is 12.9. The summed E-state index contributed by atoms with van der Waals surface area (Å²) in [6.07, 6.45) is 14.0. The standard InChI is InChI=1S/C41H60N2O3/c1-26-16-21-41(36(46)42-24-25-43(8)9)23-22-39(6)31(34(41)27(26)2)14-15-33-38(5)19-17-30(28-10-12-29(13-11-28)35(44)45)37(3,4)32(38)18-20-40(33,39)7/h10-14,17,26-27,32-34H,15-16,18-25H2,1-9H3,(H,42,46)(H,44,45). The van der Waals surface area contributed by atoms with Crippen LogP contribution in [0.2, 0.25) is 0 Å². The first-order chi connectivity index (χ1) is 21.5. The van der Waals surface area contributed by atoms with E-state index in [-0.39, 0.29) is 27.1 Å². The highest BCUT2D eigenvalue weighted by Crippen LogP contribution is 2.76. The van der Waals surface area contributed by atoms with Crippen molar-refractivity contribution < 1.29 is 14.7 Å². The van der Waals surface area contributed by atoms with Gasteiger partial charge in [-0.2, -0.15) is 0 Å². The summed E-state index contributed by atoms with van der Waals surface area (Å²) < 4.78 is 0. The van der Waals surface area contributed by atoms with Crippen LogP contribution in [-0.2, 0) is 4.79 Å². The topological polar surface area (TPSA) is 69.6 Å². The summed E-state index contributed by atoms with van der Waals surface area (Å²) in [4.78, 5) is 27.9. The number of aromatic carboxylic acids is 1. The Balaban J connectivity index is 1.36. The zero-order valence-corrected chi connectivity index (χ0v) is 30.1. The molecular weight excluding hydrogens is 568 g/mol. The summed E-state index contributed by atoms with van der Waals surface area (Å²) in [6.45, 7) is 19.2. The van der Waals surface area contributed by atoms with Crippen LogP contribution in [-0.4, -0.2) is 49.1 Å². The van der Waals surface area contributed by atoms with E-state index in [0.29, 0.717) is 41.1 Å². The van der Waals surface area contributed by atoms with Crippen molar-refractivity contribution in [1.29, 1.82) is 0 Å². The molecule has 9 unspecified atom stereocenters. The molecule has 0 aromatic heterocycles. The minimum Gasteiger partial charge on any atom is -0.478 e. The smallest absolute Gasteiger partial charge is 0.335 e. The Morgan fingerprint density at radius 3 is 2.26 bits per heavy atom. The van der Waals surface area contributed by atoms with Gasteiger partial charge in [-0.3, -0.25) is 4.79 Å². The van der Waals surface area contributed by atoms with Crippen molar-refractivity contribution >= 4 is 17.4 Å². The van der Waals surface area contributed by atoms with E-state index in [4.69, 9.17) is 0 Å². The number of hydrogen-bond acceptors (Lipinski definition) is 3. The third-order valence-corrected chi connectivity index (χ3v) is 15.3. The normalized spacial score (nSPS) is 41.2. The van der Waals surface area contributed by atoms with Gasteiger partial charge in [0.25, 0.3) is 0 Å². The first-order valence-corrected chi connectivity index (χ1v) is 18.2. The lowest BCUT2D eigenvalue weighted by atomic mass is 9.33. The Hall–Kier alpha value is -2.40. The van der Waals surface area contributed by atoms with Crippen molar-refractivity contribution in [2.24, 2.45) is 56.7 Å². The van der Waals surface area contributed by atoms with E-state index in [1.54, 1.807) is 17.7 Å². The van der Waals surface area contributed by atoms with E-state index >= 15 is 0 Å². The molecule has 0 heterocycles. The molecule has 0 aliphatic heterocycles. The molecule has 0 spiro atoms. The average molecular weight is 629 g/mol. The number of nitrogens with one attached hydrogen (secondary N) is 1. The molecule has 5 aliphatic carbocycles. The second kappa shape index (κ2) is 11.3. The number of carbonyl (C=O) groups excluding carboxylic acids is 1. The van der Waals surface area contributed by atoms with Crippen molar-refractivity contribution in [3.8, 4) is 0 Å². The number of carboxylic acids is 1. The van der Waals surface area contributed by atoms with E-state index in [1.165, 1.54) is 18.4 Å². The molecule has 5 aliphatic rings. The molecule has 0 radical (unpaired) electrons. The number of hydrogen-bond donors (Lipinski definition) is 2. The van der Waals surface area contributed by atoms with E-state index in [2.05, 4.69) is 84.9 Å². The Kier molecular flexibility index (Phi) is 8.26. The third kappa shape index (κ3) is 4.71. The maximum absolute atomic E-state index is 14.2. The van der Waals surface area contributed by atoms with Gasteiger partial charge in [0, 0.05) is 13.1 Å². The fourth-order valence-corrected chi connectivity index (χ4v) is 12.3. The van der Waals surface area contributed by atoms with Gasteiger partial charge < -0.3 is 15.3 Å². The molecule has 3 fully saturated rings. The SMILES string of the molecule is CC1CCC2(C(=O)NCCN(C)C)CCC3(C)C(=CCC4C5(C)CC=C(c6ccc(C(=O)O)cc6)C(C)(C)C5CCC43C)C2C1C. The Morgan fingerprint density at radius 1 is 0.913 bits per heavy atom. The van der Waals surface area contributed by atoms with Gasteiger partial charge in [0.2, 0.25) is 5.91 Å². The molecule has 9 atom stereocenters. The Labute approximate surface area is 278 Å². The first-order valence-electron chi connectivity index (χ1n) is 18.2. The summed E-state index contributed by atoms with van der Waals surface area (Å²) in [7, 11) is 4.15. The molecular formula is C41H60N2O3. The van der Waals surface area contributed by atoms with Crippen LogP contribution in [0.3, 0.4) is 0 Å². The monoisotopic (exact) mass is 628 g/mol. The summed E-state index contributed by atoms with van der Waals surface area (Å²) in [5.41, 5.74) is 4.67. The highest BCUT2D eigenvalue weighted by molar-refractivity contribution is 5.88. The number of carboxylic acid groups (broad SMARTS) is 1. The van der Waals surface area contributed by atoms with Crippen molar-refractivity contribution in [2.45, 2.75) is 99.8 Å². The number of benzene rings is 1. The minimum atomic E-state index is -0.872. The number of fused-ring (bicyclic) bond motifs is 7. The molecule has 5 nitrogen and oxygen atoms in total. The van der Waals surface area contributed by atoms with Crippen LogP contribution in [0.4, 0.5) is 0 Å². The Bertz CT molecular complexity index is 1440. The predicted molar refractivity (Wildman–Crippen MR) is 187 cm³/mol.